The van der Waals surface area contributed by atoms with Crippen LogP contribution in [0.1, 0.15) is 44.4 Å². The van der Waals surface area contributed by atoms with Crippen LogP contribution in [0, 0.1) is 0 Å². The first-order valence-corrected chi connectivity index (χ1v) is 7.79. The third-order valence-corrected chi connectivity index (χ3v) is 4.90. The molecule has 0 spiro atoms. The van der Waals surface area contributed by atoms with Gasteiger partial charge in [0.2, 0.25) is 0 Å². The van der Waals surface area contributed by atoms with Crippen LogP contribution in [0.5, 0.6) is 0 Å². The minimum Gasteiger partial charge on any atom is -0.310 e. The number of fused-ring (bicyclic) bond motifs is 3. The van der Waals surface area contributed by atoms with Crippen molar-refractivity contribution in [3.8, 4) is 0 Å². The van der Waals surface area contributed by atoms with Gasteiger partial charge in [-0.15, -0.1) is 0 Å². The Balaban J connectivity index is 2.32. The van der Waals surface area contributed by atoms with Gasteiger partial charge in [-0.05, 0) is 46.3 Å². The molecule has 0 saturated heterocycles. The first-order valence-electron chi connectivity index (χ1n) is 6.99. The van der Waals surface area contributed by atoms with Crippen molar-refractivity contribution in [3.63, 3.8) is 0 Å². The lowest BCUT2D eigenvalue weighted by molar-refractivity contribution is 0.435. The third kappa shape index (κ3) is 2.02. The Kier molecular flexibility index (Phi) is 3.18. The Hall–Kier alpha value is -0.860. The largest absolute Gasteiger partial charge is 0.310 e. The normalized spacial score (nSPS) is 20.7. The third-order valence-electron chi connectivity index (χ3n) is 4.24. The predicted octanol–water partition coefficient (Wildman–Crippen LogP) is 4.93. The van der Waals surface area contributed by atoms with Gasteiger partial charge in [-0.25, -0.2) is 0 Å². The summed E-state index contributed by atoms with van der Waals surface area (Å²) < 4.78 is 1.21. The molecule has 3 rings (SSSR count). The molecular formula is C17H20BrN. The van der Waals surface area contributed by atoms with E-state index in [0.29, 0.717) is 6.04 Å². The number of nitrogens with one attached hydrogen (secondary N) is 1. The summed E-state index contributed by atoms with van der Waals surface area (Å²) in [5.41, 5.74) is 3.23. The van der Waals surface area contributed by atoms with Crippen molar-refractivity contribution in [1.82, 2.24) is 5.32 Å². The molecule has 0 aliphatic heterocycles. The van der Waals surface area contributed by atoms with E-state index < -0.39 is 0 Å². The van der Waals surface area contributed by atoms with Crippen LogP contribution in [0.4, 0.5) is 0 Å². The molecule has 1 aliphatic carbocycles. The van der Waals surface area contributed by atoms with E-state index in [1.54, 1.807) is 0 Å². The van der Waals surface area contributed by atoms with Crippen molar-refractivity contribution < 1.29 is 0 Å². The van der Waals surface area contributed by atoms with Crippen LogP contribution in [0.15, 0.2) is 34.8 Å². The summed E-state index contributed by atoms with van der Waals surface area (Å²) in [4.78, 5) is 0. The Morgan fingerprint density at radius 2 is 1.95 bits per heavy atom. The van der Waals surface area contributed by atoms with Crippen molar-refractivity contribution in [2.75, 3.05) is 6.54 Å². The average Bonchev–Trinajstić information content (AvgIpc) is 2.62. The minimum absolute atomic E-state index is 0.239. The van der Waals surface area contributed by atoms with Gasteiger partial charge in [-0.2, -0.15) is 0 Å². The highest BCUT2D eigenvalue weighted by molar-refractivity contribution is 9.10. The van der Waals surface area contributed by atoms with E-state index in [1.165, 1.54) is 32.8 Å². The fourth-order valence-electron chi connectivity index (χ4n) is 3.53. The molecule has 0 fully saturated rings. The van der Waals surface area contributed by atoms with E-state index >= 15 is 0 Å². The van der Waals surface area contributed by atoms with E-state index in [1.807, 2.05) is 0 Å². The summed E-state index contributed by atoms with van der Waals surface area (Å²) >= 11 is 3.74. The number of hydrogen-bond acceptors (Lipinski definition) is 1. The maximum atomic E-state index is 3.74. The van der Waals surface area contributed by atoms with Crippen LogP contribution in [-0.2, 0) is 5.41 Å². The van der Waals surface area contributed by atoms with Gasteiger partial charge in [0.15, 0.2) is 0 Å². The molecule has 2 aromatic rings. The lowest BCUT2D eigenvalue weighted by Crippen LogP contribution is -2.20. The molecule has 19 heavy (non-hydrogen) atoms. The number of benzene rings is 2. The van der Waals surface area contributed by atoms with Crippen molar-refractivity contribution in [2.45, 2.75) is 38.6 Å². The maximum absolute atomic E-state index is 3.74. The molecule has 2 aromatic carbocycles. The molecular weight excluding hydrogens is 298 g/mol. The fourth-order valence-corrected chi connectivity index (χ4v) is 4.12. The Labute approximate surface area is 123 Å². The van der Waals surface area contributed by atoms with Crippen LogP contribution in [0.2, 0.25) is 0 Å². The highest BCUT2D eigenvalue weighted by Crippen LogP contribution is 2.49. The molecule has 1 aliphatic rings. The lowest BCUT2D eigenvalue weighted by Gasteiger charge is -2.21. The Morgan fingerprint density at radius 1 is 1.26 bits per heavy atom. The van der Waals surface area contributed by atoms with Gasteiger partial charge in [0.05, 0.1) is 0 Å². The van der Waals surface area contributed by atoms with Gasteiger partial charge in [0.25, 0.3) is 0 Å². The zero-order valence-corrected chi connectivity index (χ0v) is 13.3. The molecule has 0 aromatic heterocycles. The van der Waals surface area contributed by atoms with Crippen LogP contribution < -0.4 is 5.32 Å². The molecule has 0 amide bonds. The molecule has 2 heteroatoms. The number of rotatable bonds is 2. The summed E-state index contributed by atoms with van der Waals surface area (Å²) in [6.07, 6.45) is 1.18. The van der Waals surface area contributed by atoms with Crippen molar-refractivity contribution >= 4 is 26.7 Å². The summed E-state index contributed by atoms with van der Waals surface area (Å²) in [5, 5.41) is 6.35. The first-order chi connectivity index (χ1) is 9.04. The first kappa shape index (κ1) is 13.1. The standard InChI is InChI=1S/C17H20BrN/c1-4-19-15-10-17(2,3)16-12-8-6-5-7-11(12)14(18)9-13(15)16/h5-9,15,19H,4,10H2,1-3H3. The fraction of sp³-hybridized carbons (Fsp3) is 0.412. The van der Waals surface area contributed by atoms with Crippen LogP contribution in [-0.4, -0.2) is 6.54 Å². The van der Waals surface area contributed by atoms with E-state index in [4.69, 9.17) is 0 Å². The summed E-state index contributed by atoms with van der Waals surface area (Å²) in [7, 11) is 0. The molecule has 0 radical (unpaired) electrons. The van der Waals surface area contributed by atoms with Crippen molar-refractivity contribution in [3.05, 3.63) is 45.9 Å². The highest BCUT2D eigenvalue weighted by Gasteiger charge is 2.38. The van der Waals surface area contributed by atoms with Gasteiger partial charge in [-0.1, -0.05) is 61.0 Å². The highest BCUT2D eigenvalue weighted by atomic mass is 79.9. The second-order valence-electron chi connectivity index (χ2n) is 6.07. The van der Waals surface area contributed by atoms with E-state index in [9.17, 15) is 0 Å². The Morgan fingerprint density at radius 3 is 2.63 bits per heavy atom. The van der Waals surface area contributed by atoms with Gasteiger partial charge in [0.1, 0.15) is 0 Å². The Bertz CT molecular complexity index is 630. The predicted molar refractivity (Wildman–Crippen MR) is 85.7 cm³/mol. The van der Waals surface area contributed by atoms with Crippen molar-refractivity contribution in [1.29, 1.82) is 0 Å². The topological polar surface area (TPSA) is 12.0 Å². The molecule has 1 atom stereocenters. The molecule has 1 N–H and O–H groups in total. The molecule has 100 valence electrons. The molecule has 0 bridgehead atoms. The van der Waals surface area contributed by atoms with Gasteiger partial charge in [0, 0.05) is 10.5 Å². The number of hydrogen-bond donors (Lipinski definition) is 1. The zero-order chi connectivity index (χ0) is 13.6. The monoisotopic (exact) mass is 317 g/mol. The summed E-state index contributed by atoms with van der Waals surface area (Å²) in [6, 6.07) is 11.5. The van der Waals surface area contributed by atoms with Crippen LogP contribution >= 0.6 is 15.9 Å². The van der Waals surface area contributed by atoms with Gasteiger partial charge >= 0.3 is 0 Å². The second kappa shape index (κ2) is 4.60. The van der Waals surface area contributed by atoms with Gasteiger partial charge < -0.3 is 5.32 Å². The quantitative estimate of drug-likeness (QED) is 0.827. The molecule has 1 unspecified atom stereocenters. The van der Waals surface area contributed by atoms with E-state index in [-0.39, 0.29) is 5.41 Å². The summed E-state index contributed by atoms with van der Waals surface area (Å²) in [6.45, 7) is 7.93. The van der Waals surface area contributed by atoms with Crippen LogP contribution in [0.25, 0.3) is 10.8 Å². The maximum Gasteiger partial charge on any atom is 0.0331 e. The lowest BCUT2D eigenvalue weighted by atomic mass is 9.83. The van der Waals surface area contributed by atoms with E-state index in [2.05, 4.69) is 72.3 Å². The molecule has 1 nitrogen and oxygen atoms in total. The SMILES string of the molecule is CCNC1CC(C)(C)c2c1cc(Br)c1ccccc21. The summed E-state index contributed by atoms with van der Waals surface area (Å²) in [5.74, 6) is 0. The molecule has 0 saturated carbocycles. The zero-order valence-electron chi connectivity index (χ0n) is 11.8. The average molecular weight is 318 g/mol. The van der Waals surface area contributed by atoms with E-state index in [0.717, 1.165) is 6.54 Å². The van der Waals surface area contributed by atoms with Crippen LogP contribution in [0.3, 0.4) is 0 Å². The number of halogens is 1. The molecule has 0 heterocycles. The second-order valence-corrected chi connectivity index (χ2v) is 6.92. The van der Waals surface area contributed by atoms with Gasteiger partial charge in [-0.3, -0.25) is 0 Å². The smallest absolute Gasteiger partial charge is 0.0331 e. The van der Waals surface area contributed by atoms with Crippen molar-refractivity contribution in [2.24, 2.45) is 0 Å². The minimum atomic E-state index is 0.239.